The van der Waals surface area contributed by atoms with Gasteiger partial charge in [0, 0.05) is 25.2 Å². The molecule has 0 saturated carbocycles. The number of ether oxygens (including phenoxy) is 1. The zero-order valence-corrected chi connectivity index (χ0v) is 15.4. The summed E-state index contributed by atoms with van der Waals surface area (Å²) in [6, 6.07) is 12.0. The molecule has 0 aromatic heterocycles. The van der Waals surface area contributed by atoms with Gasteiger partial charge < -0.3 is 15.2 Å². The first-order chi connectivity index (χ1) is 12.9. The Hall–Kier alpha value is -2.86. The van der Waals surface area contributed by atoms with Gasteiger partial charge in [0.25, 0.3) is 5.91 Å². The molecule has 0 unspecified atom stereocenters. The van der Waals surface area contributed by atoms with E-state index < -0.39 is 5.41 Å². The smallest absolute Gasteiger partial charge is 0.252 e. The van der Waals surface area contributed by atoms with Crippen molar-refractivity contribution in [2.24, 2.45) is 5.41 Å². The molecule has 0 radical (unpaired) electrons. The fourth-order valence-corrected chi connectivity index (χ4v) is 4.16. The van der Waals surface area contributed by atoms with Crippen LogP contribution in [0.2, 0.25) is 0 Å². The van der Waals surface area contributed by atoms with Gasteiger partial charge in [-0.15, -0.1) is 0 Å². The molecule has 4 rings (SSSR count). The Kier molecular flexibility index (Phi) is 4.15. The van der Waals surface area contributed by atoms with Crippen molar-refractivity contribution in [3.05, 3.63) is 59.2 Å². The molecule has 2 aliphatic heterocycles. The van der Waals surface area contributed by atoms with Crippen LogP contribution in [0.4, 0.5) is 0 Å². The number of nitrogens with zero attached hydrogens (tertiary/aromatic N) is 1. The number of carbonyl (C=O) groups excluding carboxylic acids is 2. The molecule has 0 aliphatic carbocycles. The molecule has 1 saturated heterocycles. The third kappa shape index (κ3) is 2.86. The first kappa shape index (κ1) is 17.5. The average Bonchev–Trinajstić information content (AvgIpc) is 2.95. The fourth-order valence-electron chi connectivity index (χ4n) is 4.16. The highest BCUT2D eigenvalue weighted by Gasteiger charge is 2.51. The quantitative estimate of drug-likeness (QED) is 0.871. The second-order valence-electron chi connectivity index (χ2n) is 7.49. The highest BCUT2D eigenvalue weighted by atomic mass is 16.5. The lowest BCUT2D eigenvalue weighted by Gasteiger charge is -2.27. The van der Waals surface area contributed by atoms with Crippen LogP contribution in [0.3, 0.4) is 0 Å². The summed E-state index contributed by atoms with van der Waals surface area (Å²) in [6.07, 6.45) is 0. The number of amides is 1. The van der Waals surface area contributed by atoms with Crippen LogP contribution in [-0.4, -0.2) is 47.9 Å². The van der Waals surface area contributed by atoms with Crippen LogP contribution in [0.15, 0.2) is 42.5 Å². The van der Waals surface area contributed by atoms with E-state index in [1.165, 1.54) is 7.11 Å². The van der Waals surface area contributed by atoms with Gasteiger partial charge in [0.2, 0.25) is 0 Å². The monoisotopic (exact) mass is 366 g/mol. The molecule has 2 heterocycles. The number of phenolic OH excluding ortho intramolecular Hbond substituents is 1. The van der Waals surface area contributed by atoms with Gasteiger partial charge in [0.15, 0.2) is 17.3 Å². The van der Waals surface area contributed by atoms with Crippen molar-refractivity contribution in [1.82, 2.24) is 10.2 Å². The van der Waals surface area contributed by atoms with Crippen molar-refractivity contribution in [1.29, 1.82) is 0 Å². The molecule has 2 aromatic carbocycles. The van der Waals surface area contributed by atoms with Crippen molar-refractivity contribution in [3.63, 3.8) is 0 Å². The molecular formula is C21H22N2O4. The average molecular weight is 366 g/mol. The standard InChI is InChI=1S/C21H22N2O4/c1-21-12-23(10-13-7-8-16(24)17(9-13)27-2)11-18(21)22-20(26)15-6-4-3-5-14(15)19(21)25/h3-9,18,24H,10-12H2,1-2H3,(H,22,26)/t18-,21+/m1/s1. The minimum absolute atomic E-state index is 0.00670. The number of likely N-dealkylation sites (tertiary alicyclic amines) is 1. The minimum atomic E-state index is -0.677. The number of nitrogens with one attached hydrogen (secondary N) is 1. The van der Waals surface area contributed by atoms with Crippen molar-refractivity contribution in [2.45, 2.75) is 19.5 Å². The van der Waals surface area contributed by atoms with E-state index in [0.29, 0.717) is 36.5 Å². The lowest BCUT2D eigenvalue weighted by molar-refractivity contribution is 0.0789. The molecule has 0 spiro atoms. The Balaban J connectivity index is 1.61. The highest BCUT2D eigenvalue weighted by molar-refractivity contribution is 6.12. The largest absolute Gasteiger partial charge is 0.504 e. The Bertz CT molecular complexity index is 926. The summed E-state index contributed by atoms with van der Waals surface area (Å²) in [7, 11) is 1.51. The Morgan fingerprint density at radius 1 is 1.22 bits per heavy atom. The number of methoxy groups -OCH3 is 1. The summed E-state index contributed by atoms with van der Waals surface area (Å²) in [4.78, 5) is 28.0. The van der Waals surface area contributed by atoms with Gasteiger partial charge in [0.1, 0.15) is 0 Å². The lowest BCUT2D eigenvalue weighted by atomic mass is 9.78. The van der Waals surface area contributed by atoms with Crippen LogP contribution in [0.5, 0.6) is 11.5 Å². The molecule has 2 atom stereocenters. The van der Waals surface area contributed by atoms with E-state index in [0.717, 1.165) is 5.56 Å². The zero-order chi connectivity index (χ0) is 19.2. The number of fused-ring (bicyclic) bond motifs is 2. The number of Topliss-reactive ketones (excluding diaryl/α,β-unsaturated/α-hetero) is 1. The van der Waals surface area contributed by atoms with Crippen LogP contribution in [0.25, 0.3) is 0 Å². The van der Waals surface area contributed by atoms with Gasteiger partial charge in [0.05, 0.1) is 24.1 Å². The highest BCUT2D eigenvalue weighted by Crippen LogP contribution is 2.38. The fraction of sp³-hybridized carbons (Fsp3) is 0.333. The molecule has 140 valence electrons. The maximum atomic E-state index is 13.3. The predicted molar refractivity (Wildman–Crippen MR) is 100 cm³/mol. The third-order valence-electron chi connectivity index (χ3n) is 5.65. The van der Waals surface area contributed by atoms with E-state index in [-0.39, 0.29) is 23.5 Å². The molecule has 6 heteroatoms. The summed E-state index contributed by atoms with van der Waals surface area (Å²) >= 11 is 0. The van der Waals surface area contributed by atoms with E-state index >= 15 is 0 Å². The van der Waals surface area contributed by atoms with E-state index in [4.69, 9.17) is 4.74 Å². The molecule has 2 aliphatic rings. The number of hydrogen-bond acceptors (Lipinski definition) is 5. The number of benzene rings is 2. The molecule has 1 amide bonds. The first-order valence-electron chi connectivity index (χ1n) is 8.95. The molecule has 6 nitrogen and oxygen atoms in total. The molecule has 2 aromatic rings. The van der Waals surface area contributed by atoms with Gasteiger partial charge in [-0.2, -0.15) is 0 Å². The number of hydrogen-bond donors (Lipinski definition) is 2. The van der Waals surface area contributed by atoms with Crippen LogP contribution in [0, 0.1) is 5.41 Å². The Labute approximate surface area is 157 Å². The number of rotatable bonds is 3. The summed E-state index contributed by atoms with van der Waals surface area (Å²) in [5, 5.41) is 12.8. The lowest BCUT2D eigenvalue weighted by Crippen LogP contribution is -2.47. The van der Waals surface area contributed by atoms with E-state index in [9.17, 15) is 14.7 Å². The second kappa shape index (κ2) is 6.39. The Morgan fingerprint density at radius 3 is 2.70 bits per heavy atom. The number of carbonyl (C=O) groups is 2. The summed E-state index contributed by atoms with van der Waals surface area (Å²) < 4.78 is 5.17. The summed E-state index contributed by atoms with van der Waals surface area (Å²) in [6.45, 7) is 3.67. The number of ketones is 1. The van der Waals surface area contributed by atoms with Crippen LogP contribution in [0.1, 0.15) is 33.2 Å². The van der Waals surface area contributed by atoms with Crippen LogP contribution in [-0.2, 0) is 6.54 Å². The zero-order valence-electron chi connectivity index (χ0n) is 15.4. The minimum Gasteiger partial charge on any atom is -0.504 e. The number of aromatic hydroxyl groups is 1. The molecule has 27 heavy (non-hydrogen) atoms. The molecule has 1 fully saturated rings. The maximum absolute atomic E-state index is 13.3. The third-order valence-corrected chi connectivity index (χ3v) is 5.65. The van der Waals surface area contributed by atoms with Gasteiger partial charge in [-0.25, -0.2) is 0 Å². The summed E-state index contributed by atoms with van der Waals surface area (Å²) in [5.41, 5.74) is 1.24. The molecular weight excluding hydrogens is 344 g/mol. The molecule has 2 N–H and O–H groups in total. The Morgan fingerprint density at radius 2 is 1.96 bits per heavy atom. The number of phenols is 1. The van der Waals surface area contributed by atoms with Crippen molar-refractivity contribution < 1.29 is 19.4 Å². The van der Waals surface area contributed by atoms with Gasteiger partial charge in [-0.05, 0) is 30.7 Å². The van der Waals surface area contributed by atoms with E-state index in [1.807, 2.05) is 13.0 Å². The van der Waals surface area contributed by atoms with Crippen LogP contribution < -0.4 is 10.1 Å². The van der Waals surface area contributed by atoms with Gasteiger partial charge >= 0.3 is 0 Å². The maximum Gasteiger partial charge on any atom is 0.252 e. The summed E-state index contributed by atoms with van der Waals surface area (Å²) in [5.74, 6) is 0.331. The van der Waals surface area contributed by atoms with Gasteiger partial charge in [-0.3, -0.25) is 14.5 Å². The van der Waals surface area contributed by atoms with Crippen LogP contribution >= 0.6 is 0 Å². The van der Waals surface area contributed by atoms with E-state index in [2.05, 4.69) is 10.2 Å². The normalized spacial score (nSPS) is 24.7. The van der Waals surface area contributed by atoms with Crippen molar-refractivity contribution in [2.75, 3.05) is 20.2 Å². The topological polar surface area (TPSA) is 78.9 Å². The van der Waals surface area contributed by atoms with Gasteiger partial charge in [-0.1, -0.05) is 24.3 Å². The van der Waals surface area contributed by atoms with E-state index in [1.54, 1.807) is 36.4 Å². The SMILES string of the molecule is COc1cc(CN2C[C@H]3NC(=O)c4ccccc4C(=O)[C@@]3(C)C2)ccc1O. The van der Waals surface area contributed by atoms with Crippen molar-refractivity contribution in [3.8, 4) is 11.5 Å². The molecule has 0 bridgehead atoms. The predicted octanol–water partition coefficient (Wildman–Crippen LogP) is 2.22. The second-order valence-corrected chi connectivity index (χ2v) is 7.49. The van der Waals surface area contributed by atoms with Crippen molar-refractivity contribution >= 4 is 11.7 Å². The first-order valence-corrected chi connectivity index (χ1v) is 8.95.